The highest BCUT2D eigenvalue weighted by Crippen LogP contribution is 2.32. The number of methoxy groups -OCH3 is 1. The summed E-state index contributed by atoms with van der Waals surface area (Å²) in [6.45, 7) is 1.48. The lowest BCUT2D eigenvalue weighted by molar-refractivity contribution is 0.188. The minimum Gasteiger partial charge on any atom is -0.497 e. The van der Waals surface area contributed by atoms with Gasteiger partial charge in [-0.15, -0.1) is 5.10 Å². The number of hydrogen-bond donors (Lipinski definition) is 0. The third-order valence-electron chi connectivity index (χ3n) is 4.67. The van der Waals surface area contributed by atoms with Crippen LogP contribution in [-0.4, -0.2) is 32.7 Å². The molecule has 1 fully saturated rings. The van der Waals surface area contributed by atoms with E-state index in [2.05, 4.69) is 22.1 Å². The van der Waals surface area contributed by atoms with E-state index < -0.39 is 0 Å². The largest absolute Gasteiger partial charge is 0.497 e. The molecular formula is C18H20N4O2. The molecule has 1 atom stereocenters. The van der Waals surface area contributed by atoms with Gasteiger partial charge in [0.05, 0.1) is 13.8 Å². The van der Waals surface area contributed by atoms with Crippen molar-refractivity contribution < 1.29 is 4.74 Å². The van der Waals surface area contributed by atoms with E-state index >= 15 is 0 Å². The van der Waals surface area contributed by atoms with Gasteiger partial charge in [-0.2, -0.15) is 4.68 Å². The maximum Gasteiger partial charge on any atom is 0.351 e. The zero-order valence-electron chi connectivity index (χ0n) is 13.6. The zero-order chi connectivity index (χ0) is 16.5. The Morgan fingerprint density at radius 1 is 1.21 bits per heavy atom. The molecule has 6 nitrogen and oxygen atoms in total. The standard InChI is InChI=1S/C18H20N4O2/c1-24-15-9-7-14(8-10-15)16-5-4-11-20(16)13-22-18(23)21-12-3-2-6-17(21)19-22/h2-3,6-10,12,16H,4-5,11,13H2,1H3/t16-/m1/s1. The van der Waals surface area contributed by atoms with Crippen LogP contribution in [0, 0.1) is 0 Å². The fourth-order valence-electron chi connectivity index (χ4n) is 3.43. The number of nitrogens with zero attached hydrogens (tertiary/aromatic N) is 4. The molecule has 24 heavy (non-hydrogen) atoms. The Morgan fingerprint density at radius 3 is 2.79 bits per heavy atom. The third kappa shape index (κ3) is 2.59. The molecule has 0 radical (unpaired) electrons. The molecule has 0 saturated carbocycles. The number of benzene rings is 1. The van der Waals surface area contributed by atoms with Gasteiger partial charge in [0.15, 0.2) is 5.65 Å². The topological polar surface area (TPSA) is 51.8 Å². The van der Waals surface area contributed by atoms with Crippen molar-refractivity contribution in [2.45, 2.75) is 25.6 Å². The fourth-order valence-corrected chi connectivity index (χ4v) is 3.43. The lowest BCUT2D eigenvalue weighted by atomic mass is 10.0. The van der Waals surface area contributed by atoms with Crippen LogP contribution in [0.4, 0.5) is 0 Å². The van der Waals surface area contributed by atoms with Crippen molar-refractivity contribution in [3.05, 3.63) is 64.7 Å². The van der Waals surface area contributed by atoms with Crippen LogP contribution in [0.15, 0.2) is 53.5 Å². The highest BCUT2D eigenvalue weighted by Gasteiger charge is 2.27. The third-order valence-corrected chi connectivity index (χ3v) is 4.67. The predicted octanol–water partition coefficient (Wildman–Crippen LogP) is 2.30. The number of pyridine rings is 1. The summed E-state index contributed by atoms with van der Waals surface area (Å²) < 4.78 is 8.37. The highest BCUT2D eigenvalue weighted by molar-refractivity contribution is 5.35. The Morgan fingerprint density at radius 2 is 2.04 bits per heavy atom. The molecule has 3 heterocycles. The summed E-state index contributed by atoms with van der Waals surface area (Å²) in [7, 11) is 1.67. The molecule has 1 aromatic carbocycles. The maximum atomic E-state index is 12.5. The van der Waals surface area contributed by atoms with E-state index in [4.69, 9.17) is 4.74 Å². The lowest BCUT2D eigenvalue weighted by Crippen LogP contribution is -2.32. The first-order valence-electron chi connectivity index (χ1n) is 8.18. The minimum absolute atomic E-state index is 0.0917. The van der Waals surface area contributed by atoms with Gasteiger partial charge in [0, 0.05) is 18.8 Å². The molecule has 2 aromatic heterocycles. The van der Waals surface area contributed by atoms with Crippen molar-refractivity contribution in [2.75, 3.05) is 13.7 Å². The smallest absolute Gasteiger partial charge is 0.351 e. The van der Waals surface area contributed by atoms with E-state index in [9.17, 15) is 4.79 Å². The molecule has 0 aliphatic carbocycles. The van der Waals surface area contributed by atoms with Crippen LogP contribution in [0.3, 0.4) is 0 Å². The average Bonchev–Trinajstić information content (AvgIpc) is 3.21. The van der Waals surface area contributed by atoms with E-state index in [0.717, 1.165) is 25.1 Å². The summed E-state index contributed by atoms with van der Waals surface area (Å²) in [5.41, 5.74) is 1.85. The minimum atomic E-state index is -0.0917. The first kappa shape index (κ1) is 15.0. The maximum absolute atomic E-state index is 12.5. The summed E-state index contributed by atoms with van der Waals surface area (Å²) in [4.78, 5) is 14.8. The zero-order valence-corrected chi connectivity index (χ0v) is 13.6. The molecule has 0 N–H and O–H groups in total. The van der Waals surface area contributed by atoms with Gasteiger partial charge in [-0.3, -0.25) is 9.30 Å². The van der Waals surface area contributed by atoms with Crippen molar-refractivity contribution in [3.63, 3.8) is 0 Å². The summed E-state index contributed by atoms with van der Waals surface area (Å²) in [6.07, 6.45) is 3.97. The van der Waals surface area contributed by atoms with Crippen LogP contribution >= 0.6 is 0 Å². The molecule has 124 valence electrons. The van der Waals surface area contributed by atoms with Crippen molar-refractivity contribution in [1.82, 2.24) is 19.1 Å². The Hall–Kier alpha value is -2.60. The Labute approximate surface area is 139 Å². The van der Waals surface area contributed by atoms with Gasteiger partial charge in [-0.25, -0.2) is 4.79 Å². The number of ether oxygens (including phenoxy) is 1. The molecule has 4 rings (SSSR count). The van der Waals surface area contributed by atoms with E-state index in [0.29, 0.717) is 18.4 Å². The van der Waals surface area contributed by atoms with Gasteiger partial charge >= 0.3 is 5.69 Å². The SMILES string of the molecule is COc1ccc([C@H]2CCCN2Cn2nc3ccccn3c2=O)cc1. The molecule has 0 bridgehead atoms. The lowest BCUT2D eigenvalue weighted by Gasteiger charge is -2.24. The molecular weight excluding hydrogens is 304 g/mol. The highest BCUT2D eigenvalue weighted by atomic mass is 16.5. The first-order valence-corrected chi connectivity index (χ1v) is 8.18. The fraction of sp³-hybridized carbons (Fsp3) is 0.333. The Bertz CT molecular complexity index is 897. The Balaban J connectivity index is 1.60. The second-order valence-corrected chi connectivity index (χ2v) is 6.10. The van der Waals surface area contributed by atoms with E-state index in [1.165, 1.54) is 5.56 Å². The van der Waals surface area contributed by atoms with Gasteiger partial charge in [-0.1, -0.05) is 18.2 Å². The van der Waals surface area contributed by atoms with E-state index in [1.54, 1.807) is 22.4 Å². The monoisotopic (exact) mass is 324 g/mol. The molecule has 0 spiro atoms. The van der Waals surface area contributed by atoms with Crippen LogP contribution in [-0.2, 0) is 6.67 Å². The molecule has 0 unspecified atom stereocenters. The second kappa shape index (κ2) is 6.13. The summed E-state index contributed by atoms with van der Waals surface area (Å²) in [5, 5.41) is 4.44. The van der Waals surface area contributed by atoms with E-state index in [-0.39, 0.29) is 5.69 Å². The van der Waals surface area contributed by atoms with Crippen molar-refractivity contribution >= 4 is 5.65 Å². The van der Waals surface area contributed by atoms with Crippen LogP contribution in [0.2, 0.25) is 0 Å². The van der Waals surface area contributed by atoms with Gasteiger partial charge in [-0.05, 0) is 42.7 Å². The number of rotatable bonds is 4. The van der Waals surface area contributed by atoms with Gasteiger partial charge in [0.2, 0.25) is 0 Å². The molecule has 0 amide bonds. The first-order chi connectivity index (χ1) is 11.8. The number of fused-ring (bicyclic) bond motifs is 1. The van der Waals surface area contributed by atoms with Crippen molar-refractivity contribution in [1.29, 1.82) is 0 Å². The molecule has 1 aliphatic rings. The van der Waals surface area contributed by atoms with Crippen LogP contribution in [0.5, 0.6) is 5.75 Å². The quantitative estimate of drug-likeness (QED) is 0.739. The molecule has 6 heteroatoms. The Kier molecular flexibility index (Phi) is 3.82. The van der Waals surface area contributed by atoms with Gasteiger partial charge in [0.1, 0.15) is 5.75 Å². The second-order valence-electron chi connectivity index (χ2n) is 6.10. The summed E-state index contributed by atoms with van der Waals surface area (Å²) in [5.74, 6) is 0.861. The summed E-state index contributed by atoms with van der Waals surface area (Å²) in [6, 6.07) is 14.1. The average molecular weight is 324 g/mol. The van der Waals surface area contributed by atoms with Gasteiger partial charge < -0.3 is 4.74 Å². The number of likely N-dealkylation sites (tertiary alicyclic amines) is 1. The number of aromatic nitrogens is 3. The van der Waals surface area contributed by atoms with Crippen LogP contribution < -0.4 is 10.4 Å². The normalized spacial score (nSPS) is 18.3. The van der Waals surface area contributed by atoms with Crippen LogP contribution in [0.25, 0.3) is 5.65 Å². The van der Waals surface area contributed by atoms with Gasteiger partial charge in [0.25, 0.3) is 0 Å². The van der Waals surface area contributed by atoms with Crippen LogP contribution in [0.1, 0.15) is 24.4 Å². The number of hydrogen-bond acceptors (Lipinski definition) is 4. The van der Waals surface area contributed by atoms with Crippen molar-refractivity contribution in [3.8, 4) is 5.75 Å². The van der Waals surface area contributed by atoms with Crippen molar-refractivity contribution in [2.24, 2.45) is 0 Å². The molecule has 1 saturated heterocycles. The summed E-state index contributed by atoms with van der Waals surface area (Å²) >= 11 is 0. The predicted molar refractivity (Wildman–Crippen MR) is 91.1 cm³/mol. The molecule has 3 aromatic rings. The van der Waals surface area contributed by atoms with E-state index in [1.807, 2.05) is 30.3 Å². The molecule has 1 aliphatic heterocycles.